The fourth-order valence-corrected chi connectivity index (χ4v) is 2.41. The number of carbonyl (C=O) groups excluding carboxylic acids is 2. The normalized spacial score (nSPS) is 36.1. The zero-order valence-electron chi connectivity index (χ0n) is 10.2. The van der Waals surface area contributed by atoms with E-state index >= 15 is 0 Å². The van der Waals surface area contributed by atoms with Gasteiger partial charge in [0.15, 0.2) is 0 Å². The Morgan fingerprint density at radius 2 is 1.29 bits per heavy atom. The standard InChI is InChI=1S/C12H18O5/c1-7(13)15-9-3-5-11-12(17-11)6-4-10(9)16-8(2)14/h9-12H,3-6H2,1-2H3/t9-,10-,11-,12-/m0/s1. The van der Waals surface area contributed by atoms with Gasteiger partial charge in [-0.25, -0.2) is 0 Å². The minimum atomic E-state index is -0.332. The molecule has 1 saturated carbocycles. The lowest BCUT2D eigenvalue weighted by atomic mass is 9.96. The van der Waals surface area contributed by atoms with Crippen LogP contribution in [-0.2, 0) is 23.8 Å². The molecule has 1 saturated heterocycles. The molecule has 0 unspecified atom stereocenters. The van der Waals surface area contributed by atoms with Crippen LogP contribution in [0.25, 0.3) is 0 Å². The number of epoxide rings is 1. The molecule has 0 spiro atoms. The van der Waals surface area contributed by atoms with E-state index in [4.69, 9.17) is 14.2 Å². The van der Waals surface area contributed by atoms with Gasteiger partial charge < -0.3 is 14.2 Å². The van der Waals surface area contributed by atoms with Crippen molar-refractivity contribution in [3.63, 3.8) is 0 Å². The molecule has 0 aromatic heterocycles. The topological polar surface area (TPSA) is 65.1 Å². The van der Waals surface area contributed by atoms with E-state index < -0.39 is 0 Å². The molecule has 5 heteroatoms. The Morgan fingerprint density at radius 1 is 0.882 bits per heavy atom. The smallest absolute Gasteiger partial charge is 0.303 e. The third-order valence-electron chi connectivity index (χ3n) is 3.21. The highest BCUT2D eigenvalue weighted by Gasteiger charge is 2.43. The molecule has 17 heavy (non-hydrogen) atoms. The van der Waals surface area contributed by atoms with Crippen molar-refractivity contribution in [2.45, 2.75) is 63.9 Å². The summed E-state index contributed by atoms with van der Waals surface area (Å²) in [5.74, 6) is -0.665. The molecule has 2 fully saturated rings. The second kappa shape index (κ2) is 5.04. The minimum absolute atomic E-state index is 0.311. The van der Waals surface area contributed by atoms with E-state index in [1.165, 1.54) is 13.8 Å². The van der Waals surface area contributed by atoms with Crippen LogP contribution in [0.1, 0.15) is 39.5 Å². The SMILES string of the molecule is CC(=O)O[C@H]1CC[C@@H]2O[C@H]2CC[C@@H]1OC(C)=O. The Balaban J connectivity index is 1.98. The summed E-state index contributed by atoms with van der Waals surface area (Å²) in [6.07, 6.45) is 3.07. The van der Waals surface area contributed by atoms with Gasteiger partial charge in [-0.1, -0.05) is 0 Å². The van der Waals surface area contributed by atoms with Crippen LogP contribution in [0, 0.1) is 0 Å². The summed E-state index contributed by atoms with van der Waals surface area (Å²) in [6.45, 7) is 2.75. The summed E-state index contributed by atoms with van der Waals surface area (Å²) in [6, 6.07) is 0. The number of ether oxygens (including phenoxy) is 3. The van der Waals surface area contributed by atoms with Crippen molar-refractivity contribution in [2.24, 2.45) is 0 Å². The van der Waals surface area contributed by atoms with Gasteiger partial charge in [-0.3, -0.25) is 9.59 Å². The van der Waals surface area contributed by atoms with Gasteiger partial charge in [0.2, 0.25) is 0 Å². The molecule has 0 aromatic rings. The van der Waals surface area contributed by atoms with Gasteiger partial charge in [-0.05, 0) is 25.7 Å². The maximum Gasteiger partial charge on any atom is 0.303 e. The molecule has 5 nitrogen and oxygen atoms in total. The number of hydrogen-bond donors (Lipinski definition) is 0. The average Bonchev–Trinajstić information content (AvgIpc) is 2.94. The van der Waals surface area contributed by atoms with E-state index in [1.54, 1.807) is 0 Å². The number of esters is 2. The van der Waals surface area contributed by atoms with Gasteiger partial charge in [0.05, 0.1) is 12.2 Å². The molecule has 2 rings (SSSR count). The van der Waals surface area contributed by atoms with E-state index in [0.29, 0.717) is 25.0 Å². The molecule has 0 aromatic carbocycles. The molecule has 0 radical (unpaired) electrons. The summed E-state index contributed by atoms with van der Waals surface area (Å²) in [5, 5.41) is 0. The lowest BCUT2D eigenvalue weighted by Crippen LogP contribution is -2.36. The largest absolute Gasteiger partial charge is 0.459 e. The van der Waals surface area contributed by atoms with Gasteiger partial charge >= 0.3 is 11.9 Å². The van der Waals surface area contributed by atoms with Crippen molar-refractivity contribution in [3.8, 4) is 0 Å². The van der Waals surface area contributed by atoms with Crippen molar-refractivity contribution in [1.29, 1.82) is 0 Å². The summed E-state index contributed by atoms with van der Waals surface area (Å²) in [7, 11) is 0. The van der Waals surface area contributed by atoms with Crippen LogP contribution in [0.15, 0.2) is 0 Å². The Morgan fingerprint density at radius 3 is 1.65 bits per heavy atom. The molecule has 0 amide bonds. The Labute approximate surface area is 100 Å². The van der Waals surface area contributed by atoms with E-state index in [9.17, 15) is 9.59 Å². The Kier molecular flexibility index (Phi) is 3.66. The zero-order valence-corrected chi connectivity index (χ0v) is 10.2. The first-order valence-corrected chi connectivity index (χ1v) is 6.06. The summed E-state index contributed by atoms with van der Waals surface area (Å²) >= 11 is 0. The van der Waals surface area contributed by atoms with E-state index in [-0.39, 0.29) is 24.1 Å². The Hall–Kier alpha value is -1.10. The minimum Gasteiger partial charge on any atom is -0.459 e. The van der Waals surface area contributed by atoms with Gasteiger partial charge in [0.25, 0.3) is 0 Å². The molecule has 0 N–H and O–H groups in total. The quantitative estimate of drug-likeness (QED) is 0.537. The Bertz CT molecular complexity index is 284. The van der Waals surface area contributed by atoms with Crippen LogP contribution in [0.3, 0.4) is 0 Å². The fraction of sp³-hybridized carbons (Fsp3) is 0.833. The van der Waals surface area contributed by atoms with Gasteiger partial charge in [-0.15, -0.1) is 0 Å². The van der Waals surface area contributed by atoms with Gasteiger partial charge in [0, 0.05) is 13.8 Å². The van der Waals surface area contributed by atoms with E-state index in [1.807, 2.05) is 0 Å². The highest BCUT2D eigenvalue weighted by molar-refractivity contribution is 5.67. The lowest BCUT2D eigenvalue weighted by molar-refractivity contribution is -0.166. The highest BCUT2D eigenvalue weighted by atomic mass is 16.6. The van der Waals surface area contributed by atoms with Crippen molar-refractivity contribution < 1.29 is 23.8 Å². The van der Waals surface area contributed by atoms with Crippen LogP contribution in [0.4, 0.5) is 0 Å². The molecule has 1 aliphatic carbocycles. The van der Waals surface area contributed by atoms with Crippen molar-refractivity contribution >= 4 is 11.9 Å². The molecule has 96 valence electrons. The monoisotopic (exact) mass is 242 g/mol. The van der Waals surface area contributed by atoms with Crippen LogP contribution in [0.5, 0.6) is 0 Å². The van der Waals surface area contributed by atoms with Crippen LogP contribution >= 0.6 is 0 Å². The molecule has 2 aliphatic rings. The van der Waals surface area contributed by atoms with Crippen molar-refractivity contribution in [3.05, 3.63) is 0 Å². The maximum atomic E-state index is 11.0. The maximum absolute atomic E-state index is 11.0. The average molecular weight is 242 g/mol. The second-order valence-corrected chi connectivity index (χ2v) is 4.66. The fourth-order valence-electron chi connectivity index (χ4n) is 2.41. The number of rotatable bonds is 2. The van der Waals surface area contributed by atoms with Gasteiger partial charge in [-0.2, -0.15) is 0 Å². The van der Waals surface area contributed by atoms with Crippen molar-refractivity contribution in [1.82, 2.24) is 0 Å². The van der Waals surface area contributed by atoms with Crippen LogP contribution in [-0.4, -0.2) is 36.4 Å². The van der Waals surface area contributed by atoms with Crippen LogP contribution < -0.4 is 0 Å². The predicted molar refractivity (Wildman–Crippen MR) is 58.2 cm³/mol. The number of fused-ring (bicyclic) bond motifs is 1. The predicted octanol–water partition coefficient (Wildman–Crippen LogP) is 1.19. The molecular formula is C12H18O5. The van der Waals surface area contributed by atoms with Crippen molar-refractivity contribution in [2.75, 3.05) is 0 Å². The lowest BCUT2D eigenvalue weighted by Gasteiger charge is -2.27. The molecule has 4 atom stereocenters. The number of carbonyl (C=O) groups is 2. The van der Waals surface area contributed by atoms with Gasteiger partial charge in [0.1, 0.15) is 12.2 Å². The summed E-state index contributed by atoms with van der Waals surface area (Å²) < 4.78 is 15.9. The molecular weight excluding hydrogens is 224 g/mol. The first kappa shape index (κ1) is 12.4. The highest BCUT2D eigenvalue weighted by Crippen LogP contribution is 2.35. The third-order valence-corrected chi connectivity index (χ3v) is 3.21. The third kappa shape index (κ3) is 3.43. The van der Waals surface area contributed by atoms with E-state index in [0.717, 1.165) is 12.8 Å². The number of hydrogen-bond acceptors (Lipinski definition) is 5. The van der Waals surface area contributed by atoms with Crippen LogP contribution in [0.2, 0.25) is 0 Å². The zero-order chi connectivity index (χ0) is 12.4. The molecule has 1 heterocycles. The van der Waals surface area contributed by atoms with E-state index in [2.05, 4.69) is 0 Å². The summed E-state index contributed by atoms with van der Waals surface area (Å²) in [5.41, 5.74) is 0. The summed E-state index contributed by atoms with van der Waals surface area (Å²) in [4.78, 5) is 22.1. The first-order valence-electron chi connectivity index (χ1n) is 6.06. The second-order valence-electron chi connectivity index (χ2n) is 4.66. The molecule has 1 aliphatic heterocycles. The first-order chi connectivity index (χ1) is 8.06. The molecule has 0 bridgehead atoms.